The van der Waals surface area contributed by atoms with Crippen LogP contribution in [0.15, 0.2) is 59.8 Å². The highest BCUT2D eigenvalue weighted by molar-refractivity contribution is 7.98. The second kappa shape index (κ2) is 7.09. The molecule has 0 amide bonds. The van der Waals surface area contributed by atoms with Crippen LogP contribution in [0.5, 0.6) is 0 Å². The van der Waals surface area contributed by atoms with Crippen LogP contribution in [-0.4, -0.2) is 19.7 Å². The number of hydrogen-bond donors (Lipinski definition) is 0. The van der Waals surface area contributed by atoms with E-state index in [4.69, 9.17) is 11.6 Å². The Balaban J connectivity index is 1.58. The minimum absolute atomic E-state index is 0.543. The normalized spacial score (nSPS) is 11.2. The molecule has 0 fully saturated rings. The van der Waals surface area contributed by atoms with E-state index in [-0.39, 0.29) is 0 Å². The Kier molecular flexibility index (Phi) is 4.66. The summed E-state index contributed by atoms with van der Waals surface area (Å²) in [5.41, 5.74) is 4.15. The maximum atomic E-state index is 6.40. The molecule has 0 atom stereocenters. The molecule has 4 aromatic rings. The fraction of sp³-hybridized carbons (Fsp3) is 0.150. The summed E-state index contributed by atoms with van der Waals surface area (Å²) in [4.78, 5) is 4.53. The first-order valence-electron chi connectivity index (χ1n) is 8.25. The third-order valence-electron chi connectivity index (χ3n) is 4.22. The van der Waals surface area contributed by atoms with E-state index in [0.717, 1.165) is 33.0 Å². The lowest BCUT2D eigenvalue weighted by Crippen LogP contribution is -1.95. The second-order valence-electron chi connectivity index (χ2n) is 6.15. The van der Waals surface area contributed by atoms with Crippen LogP contribution in [0.25, 0.3) is 22.3 Å². The summed E-state index contributed by atoms with van der Waals surface area (Å²) in [7, 11) is 1.98. The van der Waals surface area contributed by atoms with Crippen molar-refractivity contribution in [3.63, 3.8) is 0 Å². The quantitative estimate of drug-likeness (QED) is 0.356. The summed E-state index contributed by atoms with van der Waals surface area (Å²) >= 11 is 8.00. The highest BCUT2D eigenvalue weighted by Gasteiger charge is 2.13. The van der Waals surface area contributed by atoms with Crippen LogP contribution in [-0.2, 0) is 12.8 Å². The van der Waals surface area contributed by atoms with Crippen LogP contribution >= 0.6 is 23.4 Å². The summed E-state index contributed by atoms with van der Waals surface area (Å²) in [6.07, 6.45) is 0. The SMILES string of the molecule is Cc1ccc2cc(CSc3nnc(-c4ccccc4)n3C)c(Cl)nc2c1. The molecule has 0 saturated heterocycles. The third kappa shape index (κ3) is 3.32. The number of pyridine rings is 1. The third-order valence-corrected chi connectivity index (χ3v) is 5.62. The standard InChI is InChI=1S/C20H17ClN4S/c1-13-8-9-15-11-16(18(21)22-17(15)10-13)12-26-20-24-23-19(25(20)2)14-6-4-3-5-7-14/h3-11H,12H2,1-2H3. The van der Waals surface area contributed by atoms with Gasteiger partial charge in [0.05, 0.1) is 5.52 Å². The predicted octanol–water partition coefficient (Wildman–Crippen LogP) is 5.28. The fourth-order valence-electron chi connectivity index (χ4n) is 2.82. The minimum atomic E-state index is 0.543. The average molecular weight is 381 g/mol. The Bertz CT molecular complexity index is 1080. The van der Waals surface area contributed by atoms with E-state index in [2.05, 4.69) is 40.3 Å². The van der Waals surface area contributed by atoms with Gasteiger partial charge in [0.25, 0.3) is 0 Å². The van der Waals surface area contributed by atoms with Gasteiger partial charge in [-0.2, -0.15) is 0 Å². The Hall–Kier alpha value is -2.37. The molecule has 0 aliphatic carbocycles. The van der Waals surface area contributed by atoms with Crippen molar-refractivity contribution in [2.45, 2.75) is 17.8 Å². The van der Waals surface area contributed by atoms with Crippen molar-refractivity contribution in [1.82, 2.24) is 19.7 Å². The van der Waals surface area contributed by atoms with E-state index in [1.807, 2.05) is 48.0 Å². The predicted molar refractivity (Wildman–Crippen MR) is 107 cm³/mol. The molecule has 4 rings (SSSR count). The van der Waals surface area contributed by atoms with E-state index in [1.54, 1.807) is 11.8 Å². The van der Waals surface area contributed by atoms with Gasteiger partial charge in [0.1, 0.15) is 5.15 Å². The van der Waals surface area contributed by atoms with Gasteiger partial charge in [-0.15, -0.1) is 10.2 Å². The number of aromatic nitrogens is 4. The molecule has 0 radical (unpaired) electrons. The van der Waals surface area contributed by atoms with Gasteiger partial charge >= 0.3 is 0 Å². The average Bonchev–Trinajstić information content (AvgIpc) is 3.01. The van der Waals surface area contributed by atoms with Crippen LogP contribution in [0, 0.1) is 6.92 Å². The highest BCUT2D eigenvalue weighted by Crippen LogP contribution is 2.29. The number of thioether (sulfide) groups is 1. The highest BCUT2D eigenvalue weighted by atomic mass is 35.5. The smallest absolute Gasteiger partial charge is 0.191 e. The molecule has 2 aromatic heterocycles. The molecule has 130 valence electrons. The number of nitrogens with zero attached hydrogens (tertiary/aromatic N) is 4. The molecule has 0 saturated carbocycles. The zero-order valence-corrected chi connectivity index (χ0v) is 16.1. The summed E-state index contributed by atoms with van der Waals surface area (Å²) in [5, 5.41) is 11.1. The molecule has 0 aliphatic rings. The van der Waals surface area contributed by atoms with Gasteiger partial charge in [0.15, 0.2) is 11.0 Å². The monoisotopic (exact) mass is 380 g/mol. The first-order chi connectivity index (χ1) is 12.6. The summed E-state index contributed by atoms with van der Waals surface area (Å²) < 4.78 is 2.01. The van der Waals surface area contributed by atoms with Gasteiger partial charge in [-0.1, -0.05) is 65.8 Å². The van der Waals surface area contributed by atoms with Crippen LogP contribution in [0.3, 0.4) is 0 Å². The van der Waals surface area contributed by atoms with E-state index < -0.39 is 0 Å². The van der Waals surface area contributed by atoms with Gasteiger partial charge in [0, 0.05) is 29.3 Å². The maximum Gasteiger partial charge on any atom is 0.191 e. The number of fused-ring (bicyclic) bond motifs is 1. The number of hydrogen-bond acceptors (Lipinski definition) is 4. The van der Waals surface area contributed by atoms with Crippen LogP contribution < -0.4 is 0 Å². The van der Waals surface area contributed by atoms with Crippen molar-refractivity contribution in [2.24, 2.45) is 7.05 Å². The van der Waals surface area contributed by atoms with Crippen LogP contribution in [0.1, 0.15) is 11.1 Å². The molecule has 2 heterocycles. The number of halogens is 1. The Morgan fingerprint density at radius 1 is 1.04 bits per heavy atom. The van der Waals surface area contributed by atoms with E-state index in [1.165, 1.54) is 5.56 Å². The molecule has 4 nitrogen and oxygen atoms in total. The molecule has 6 heteroatoms. The lowest BCUT2D eigenvalue weighted by Gasteiger charge is -2.07. The molecule has 26 heavy (non-hydrogen) atoms. The summed E-state index contributed by atoms with van der Waals surface area (Å²) in [6.45, 7) is 2.05. The zero-order valence-electron chi connectivity index (χ0n) is 14.5. The van der Waals surface area contributed by atoms with Crippen molar-refractivity contribution in [1.29, 1.82) is 0 Å². The van der Waals surface area contributed by atoms with Crippen LogP contribution in [0.4, 0.5) is 0 Å². The van der Waals surface area contributed by atoms with E-state index >= 15 is 0 Å². The fourth-order valence-corrected chi connectivity index (χ4v) is 4.00. The molecule has 0 aliphatic heterocycles. The van der Waals surface area contributed by atoms with Gasteiger partial charge in [-0.25, -0.2) is 4.98 Å². The molecular weight excluding hydrogens is 364 g/mol. The number of benzene rings is 2. The topological polar surface area (TPSA) is 43.6 Å². The zero-order chi connectivity index (χ0) is 18.1. The Labute approximate surface area is 161 Å². The Morgan fingerprint density at radius 2 is 1.85 bits per heavy atom. The largest absolute Gasteiger partial charge is 0.305 e. The number of aryl methyl sites for hydroxylation is 1. The lowest BCUT2D eigenvalue weighted by atomic mass is 10.1. The van der Waals surface area contributed by atoms with E-state index in [0.29, 0.717) is 10.9 Å². The van der Waals surface area contributed by atoms with Crippen LogP contribution in [0.2, 0.25) is 5.15 Å². The second-order valence-corrected chi connectivity index (χ2v) is 7.45. The molecular formula is C20H17ClN4S. The van der Waals surface area contributed by atoms with Crippen molar-refractivity contribution in [3.05, 3.63) is 70.9 Å². The van der Waals surface area contributed by atoms with Crippen molar-refractivity contribution in [2.75, 3.05) is 0 Å². The lowest BCUT2D eigenvalue weighted by molar-refractivity contribution is 0.794. The molecule has 2 aromatic carbocycles. The first-order valence-corrected chi connectivity index (χ1v) is 9.61. The molecule has 0 spiro atoms. The number of rotatable bonds is 4. The van der Waals surface area contributed by atoms with Crippen molar-refractivity contribution >= 4 is 34.3 Å². The Morgan fingerprint density at radius 3 is 2.65 bits per heavy atom. The summed E-state index contributed by atoms with van der Waals surface area (Å²) in [5.74, 6) is 1.54. The van der Waals surface area contributed by atoms with Gasteiger partial charge < -0.3 is 4.57 Å². The maximum absolute atomic E-state index is 6.40. The van der Waals surface area contributed by atoms with E-state index in [9.17, 15) is 0 Å². The first kappa shape index (κ1) is 17.1. The molecule has 0 bridgehead atoms. The molecule has 0 unspecified atom stereocenters. The minimum Gasteiger partial charge on any atom is -0.305 e. The van der Waals surface area contributed by atoms with Crippen molar-refractivity contribution in [3.8, 4) is 11.4 Å². The van der Waals surface area contributed by atoms with Crippen molar-refractivity contribution < 1.29 is 0 Å². The van der Waals surface area contributed by atoms with Gasteiger partial charge in [0.2, 0.25) is 0 Å². The molecule has 0 N–H and O–H groups in total. The summed E-state index contributed by atoms with van der Waals surface area (Å²) in [6, 6.07) is 18.4. The van der Waals surface area contributed by atoms with Gasteiger partial charge in [-0.3, -0.25) is 0 Å². The van der Waals surface area contributed by atoms with Gasteiger partial charge in [-0.05, 0) is 24.6 Å².